The van der Waals surface area contributed by atoms with E-state index in [2.05, 4.69) is 4.98 Å². The highest BCUT2D eigenvalue weighted by Gasteiger charge is 2.16. The molecule has 3 nitrogen and oxygen atoms in total. The number of thiazole rings is 1. The van der Waals surface area contributed by atoms with Crippen molar-refractivity contribution in [3.05, 3.63) is 46.2 Å². The van der Waals surface area contributed by atoms with E-state index in [1.807, 2.05) is 30.3 Å². The van der Waals surface area contributed by atoms with E-state index in [4.69, 9.17) is 5.73 Å². The minimum atomic E-state index is -0.248. The molecule has 2 rings (SSSR count). The maximum absolute atomic E-state index is 14.0. The summed E-state index contributed by atoms with van der Waals surface area (Å²) in [5.41, 5.74) is 9.96. The summed E-state index contributed by atoms with van der Waals surface area (Å²) in [5.74, 6) is -0.248. The Hall–Kier alpha value is -1.46. The van der Waals surface area contributed by atoms with Crippen LogP contribution in [0, 0.1) is 5.82 Å². The largest absolute Gasteiger partial charge is 0.366 e. The van der Waals surface area contributed by atoms with Crippen LogP contribution >= 0.6 is 11.3 Å². The molecule has 0 radical (unpaired) electrons. The first-order valence-corrected chi connectivity index (χ1v) is 6.66. The summed E-state index contributed by atoms with van der Waals surface area (Å²) in [6.07, 6.45) is 0. The van der Waals surface area contributed by atoms with Crippen molar-refractivity contribution in [2.24, 2.45) is 5.73 Å². The Morgan fingerprint density at radius 3 is 2.89 bits per heavy atom. The van der Waals surface area contributed by atoms with E-state index in [-0.39, 0.29) is 11.9 Å². The lowest BCUT2D eigenvalue weighted by Crippen LogP contribution is -2.21. The monoisotopic (exact) mass is 265 g/mol. The SMILES string of the molecule is CC(N)c1cccc(F)c1N(C)Cc1cscn1. The second-order valence-electron chi connectivity index (χ2n) is 4.30. The van der Waals surface area contributed by atoms with Crippen LogP contribution in [0.5, 0.6) is 0 Å². The minimum absolute atomic E-state index is 0.200. The molecule has 2 N–H and O–H groups in total. The van der Waals surface area contributed by atoms with Gasteiger partial charge in [0.15, 0.2) is 0 Å². The first-order chi connectivity index (χ1) is 8.59. The fraction of sp³-hybridized carbons (Fsp3) is 0.308. The van der Waals surface area contributed by atoms with Gasteiger partial charge >= 0.3 is 0 Å². The molecule has 0 amide bonds. The summed E-state index contributed by atoms with van der Waals surface area (Å²) >= 11 is 1.54. The molecule has 18 heavy (non-hydrogen) atoms. The Labute approximate surface area is 110 Å². The summed E-state index contributed by atoms with van der Waals surface area (Å²) in [6.45, 7) is 2.43. The lowest BCUT2D eigenvalue weighted by molar-refractivity contribution is 0.615. The van der Waals surface area contributed by atoms with Crippen LogP contribution in [-0.4, -0.2) is 12.0 Å². The van der Waals surface area contributed by atoms with Crippen molar-refractivity contribution in [3.8, 4) is 0 Å². The van der Waals surface area contributed by atoms with Crippen molar-refractivity contribution in [2.45, 2.75) is 19.5 Å². The van der Waals surface area contributed by atoms with Crippen LogP contribution < -0.4 is 10.6 Å². The molecule has 0 saturated carbocycles. The predicted molar refractivity (Wildman–Crippen MR) is 73.2 cm³/mol. The summed E-state index contributed by atoms with van der Waals surface area (Å²) in [4.78, 5) is 6.06. The van der Waals surface area contributed by atoms with E-state index < -0.39 is 0 Å². The second kappa shape index (κ2) is 5.46. The van der Waals surface area contributed by atoms with Gasteiger partial charge in [-0.05, 0) is 18.6 Å². The van der Waals surface area contributed by atoms with Crippen LogP contribution in [0.3, 0.4) is 0 Å². The van der Waals surface area contributed by atoms with E-state index in [0.717, 1.165) is 11.3 Å². The molecule has 1 aromatic carbocycles. The Bertz CT molecular complexity index is 511. The lowest BCUT2D eigenvalue weighted by atomic mass is 10.1. The topological polar surface area (TPSA) is 42.1 Å². The molecule has 0 saturated heterocycles. The van der Waals surface area contributed by atoms with Crippen LogP contribution in [0.2, 0.25) is 0 Å². The number of para-hydroxylation sites is 1. The van der Waals surface area contributed by atoms with Crippen molar-refractivity contribution in [3.63, 3.8) is 0 Å². The van der Waals surface area contributed by atoms with Crippen LogP contribution in [0.15, 0.2) is 29.1 Å². The highest BCUT2D eigenvalue weighted by Crippen LogP contribution is 2.28. The van der Waals surface area contributed by atoms with Crippen LogP contribution in [-0.2, 0) is 6.54 Å². The van der Waals surface area contributed by atoms with Crippen LogP contribution in [0.4, 0.5) is 10.1 Å². The molecule has 1 atom stereocenters. The maximum atomic E-state index is 14.0. The lowest BCUT2D eigenvalue weighted by Gasteiger charge is -2.23. The van der Waals surface area contributed by atoms with Gasteiger partial charge in [0, 0.05) is 18.5 Å². The average Bonchev–Trinajstić information content (AvgIpc) is 2.81. The third-order valence-corrected chi connectivity index (χ3v) is 3.41. The molecule has 0 bridgehead atoms. The zero-order valence-corrected chi connectivity index (χ0v) is 11.2. The van der Waals surface area contributed by atoms with Gasteiger partial charge in [-0.25, -0.2) is 9.37 Å². The number of nitrogens with zero attached hydrogens (tertiary/aromatic N) is 2. The summed E-state index contributed by atoms with van der Waals surface area (Å²) < 4.78 is 14.0. The Balaban J connectivity index is 2.31. The molecule has 1 heterocycles. The third-order valence-electron chi connectivity index (χ3n) is 2.77. The highest BCUT2D eigenvalue weighted by molar-refractivity contribution is 7.07. The quantitative estimate of drug-likeness (QED) is 0.924. The molecule has 2 aromatic rings. The van der Waals surface area contributed by atoms with Gasteiger partial charge in [0.05, 0.1) is 23.4 Å². The molecule has 0 aliphatic rings. The number of benzene rings is 1. The van der Waals surface area contributed by atoms with Crippen molar-refractivity contribution in [1.82, 2.24) is 4.98 Å². The zero-order valence-electron chi connectivity index (χ0n) is 10.4. The fourth-order valence-electron chi connectivity index (χ4n) is 1.94. The van der Waals surface area contributed by atoms with E-state index in [1.165, 1.54) is 17.4 Å². The number of anilines is 1. The summed E-state index contributed by atoms with van der Waals surface area (Å²) in [7, 11) is 1.85. The molecule has 96 valence electrons. The smallest absolute Gasteiger partial charge is 0.146 e. The van der Waals surface area contributed by atoms with Gasteiger partial charge in [-0.15, -0.1) is 11.3 Å². The maximum Gasteiger partial charge on any atom is 0.146 e. The number of hydrogen-bond donors (Lipinski definition) is 1. The Morgan fingerprint density at radius 2 is 2.28 bits per heavy atom. The first kappa shape index (κ1) is 13.0. The molecule has 0 aliphatic heterocycles. The molecule has 0 fully saturated rings. The standard InChI is InChI=1S/C13H16FN3S/c1-9(15)11-4-3-5-12(14)13(11)17(2)6-10-7-18-8-16-10/h3-5,7-9H,6,15H2,1-2H3. The average molecular weight is 265 g/mol. The van der Waals surface area contributed by atoms with E-state index in [1.54, 1.807) is 11.6 Å². The zero-order chi connectivity index (χ0) is 13.1. The third kappa shape index (κ3) is 2.68. The Kier molecular flexibility index (Phi) is 3.93. The van der Waals surface area contributed by atoms with Gasteiger partial charge in [0.25, 0.3) is 0 Å². The van der Waals surface area contributed by atoms with Crippen LogP contribution in [0.1, 0.15) is 24.2 Å². The van der Waals surface area contributed by atoms with E-state index in [0.29, 0.717) is 12.2 Å². The number of nitrogens with two attached hydrogens (primary N) is 1. The summed E-state index contributed by atoms with van der Waals surface area (Å²) in [6, 6.07) is 4.81. The van der Waals surface area contributed by atoms with Crippen molar-refractivity contribution in [2.75, 3.05) is 11.9 Å². The number of hydrogen-bond acceptors (Lipinski definition) is 4. The van der Waals surface area contributed by atoms with E-state index in [9.17, 15) is 4.39 Å². The van der Waals surface area contributed by atoms with Gasteiger partial charge < -0.3 is 10.6 Å². The highest BCUT2D eigenvalue weighted by atomic mass is 32.1. The van der Waals surface area contributed by atoms with Crippen LogP contribution in [0.25, 0.3) is 0 Å². The number of aromatic nitrogens is 1. The van der Waals surface area contributed by atoms with Gasteiger partial charge in [-0.1, -0.05) is 12.1 Å². The van der Waals surface area contributed by atoms with Gasteiger partial charge in [0.2, 0.25) is 0 Å². The van der Waals surface area contributed by atoms with Crippen molar-refractivity contribution in [1.29, 1.82) is 0 Å². The number of halogens is 1. The molecule has 0 aliphatic carbocycles. The van der Waals surface area contributed by atoms with Gasteiger partial charge in [0.1, 0.15) is 5.82 Å². The molecular formula is C13H16FN3S. The predicted octanol–water partition coefficient (Wildman–Crippen LogP) is 2.94. The molecule has 0 spiro atoms. The normalized spacial score (nSPS) is 12.4. The van der Waals surface area contributed by atoms with E-state index >= 15 is 0 Å². The Morgan fingerprint density at radius 1 is 1.50 bits per heavy atom. The van der Waals surface area contributed by atoms with Crippen molar-refractivity contribution < 1.29 is 4.39 Å². The van der Waals surface area contributed by atoms with Gasteiger partial charge in [-0.3, -0.25) is 0 Å². The minimum Gasteiger partial charge on any atom is -0.366 e. The molecule has 1 unspecified atom stereocenters. The molecule has 5 heteroatoms. The first-order valence-electron chi connectivity index (χ1n) is 5.71. The fourth-order valence-corrected chi connectivity index (χ4v) is 2.49. The molecule has 1 aromatic heterocycles. The van der Waals surface area contributed by atoms with Gasteiger partial charge in [-0.2, -0.15) is 0 Å². The molecular weight excluding hydrogens is 249 g/mol. The number of rotatable bonds is 4. The van der Waals surface area contributed by atoms with Crippen molar-refractivity contribution >= 4 is 17.0 Å². The summed E-state index contributed by atoms with van der Waals surface area (Å²) in [5, 5.41) is 1.96. The second-order valence-corrected chi connectivity index (χ2v) is 5.02.